The topological polar surface area (TPSA) is 103 Å². The number of hydrogen-bond acceptors (Lipinski definition) is 3. The molecule has 0 unspecified atom stereocenters. The summed E-state index contributed by atoms with van der Waals surface area (Å²) in [6, 6.07) is 4.86. The zero-order chi connectivity index (χ0) is 10.6. The van der Waals surface area contributed by atoms with Crippen LogP contribution in [0.5, 0.6) is 0 Å². The molecule has 1 radical (unpaired) electrons. The largest absolute Gasteiger partial charge is 0.717 e. The van der Waals surface area contributed by atoms with Gasteiger partial charge < -0.3 is 5.21 Å². The number of hydroxylamine groups is 1. The maximum atomic E-state index is 11.0. The fourth-order valence-corrected chi connectivity index (χ4v) is 0.844. The average molecular weight is 196 g/mol. The van der Waals surface area contributed by atoms with E-state index >= 15 is 0 Å². The second kappa shape index (κ2) is 4.19. The normalized spacial score (nSPS) is 10.4. The van der Waals surface area contributed by atoms with Crippen LogP contribution >= 0.6 is 0 Å². The smallest absolute Gasteiger partial charge is 0.274 e. The van der Waals surface area contributed by atoms with E-state index in [1.807, 2.05) is 0 Å². The third kappa shape index (κ3) is 2.17. The number of nitrogens with one attached hydrogen (secondary N) is 1. The van der Waals surface area contributed by atoms with Crippen molar-refractivity contribution in [2.45, 2.75) is 0 Å². The van der Waals surface area contributed by atoms with Gasteiger partial charge in [0.25, 0.3) is 12.0 Å². The zero-order valence-electron chi connectivity index (χ0n) is 6.91. The van der Waals surface area contributed by atoms with Crippen LogP contribution in [0.25, 0.3) is 0 Å². The van der Waals surface area contributed by atoms with Gasteiger partial charge in [0, 0.05) is 17.3 Å². The van der Waals surface area contributed by atoms with Crippen molar-refractivity contribution in [3.05, 3.63) is 39.6 Å². The predicted molar refractivity (Wildman–Crippen MR) is 46.7 cm³/mol. The fourth-order valence-electron chi connectivity index (χ4n) is 0.844. The fraction of sp³-hybridized carbons (Fsp3) is 0. The van der Waals surface area contributed by atoms with Crippen molar-refractivity contribution >= 4 is 17.7 Å². The van der Waals surface area contributed by atoms with E-state index in [0.717, 1.165) is 0 Å². The molecule has 0 aliphatic rings. The van der Waals surface area contributed by atoms with E-state index in [0.29, 0.717) is 6.34 Å². The van der Waals surface area contributed by atoms with E-state index in [2.05, 4.69) is 0 Å². The van der Waals surface area contributed by atoms with E-state index in [4.69, 9.17) is 0 Å². The van der Waals surface area contributed by atoms with E-state index < -0.39 is 4.92 Å². The minimum Gasteiger partial charge on any atom is -0.717 e. The summed E-state index contributed by atoms with van der Waals surface area (Å²) in [5.41, 5.74) is 0.0242. The Hall–Kier alpha value is -2.15. The molecule has 1 N–H and O–H groups in total. The summed E-state index contributed by atoms with van der Waals surface area (Å²) in [5, 5.41) is 32.6. The second-order valence-corrected chi connectivity index (χ2v) is 2.35. The molecular formula is C7H6N3O4. The number of nitro groups is 1. The molecule has 0 saturated heterocycles. The van der Waals surface area contributed by atoms with Gasteiger partial charge >= 0.3 is 0 Å². The minimum atomic E-state index is -0.575. The van der Waals surface area contributed by atoms with E-state index in [1.54, 1.807) is 0 Å². The van der Waals surface area contributed by atoms with Crippen LogP contribution in [-0.2, 0) is 5.21 Å². The Morgan fingerprint density at radius 2 is 1.93 bits per heavy atom. The van der Waals surface area contributed by atoms with E-state index in [-0.39, 0.29) is 16.4 Å². The second-order valence-electron chi connectivity index (χ2n) is 2.35. The molecule has 1 aromatic carbocycles. The first-order valence-corrected chi connectivity index (χ1v) is 3.57. The number of nitrogens with zero attached hydrogens (tertiary/aromatic N) is 2. The van der Waals surface area contributed by atoms with Crippen molar-refractivity contribution in [3.8, 4) is 0 Å². The third-order valence-corrected chi connectivity index (χ3v) is 1.48. The average Bonchev–Trinajstić information content (AvgIpc) is 2.18. The van der Waals surface area contributed by atoms with E-state index in [9.17, 15) is 20.5 Å². The number of benzene rings is 1. The Morgan fingerprint density at radius 3 is 2.36 bits per heavy atom. The number of non-ortho nitro benzene ring substituents is 1. The van der Waals surface area contributed by atoms with Gasteiger partial charge in [-0.1, -0.05) is 5.06 Å². The lowest BCUT2D eigenvalue weighted by molar-refractivity contribution is -0.384. The summed E-state index contributed by atoms with van der Waals surface area (Å²) >= 11 is 0. The van der Waals surface area contributed by atoms with Gasteiger partial charge in [-0.15, -0.1) is 0 Å². The Morgan fingerprint density at radius 1 is 1.36 bits per heavy atom. The van der Waals surface area contributed by atoms with Crippen LogP contribution < -0.4 is 10.2 Å². The van der Waals surface area contributed by atoms with E-state index in [1.165, 1.54) is 29.4 Å². The van der Waals surface area contributed by atoms with Gasteiger partial charge in [0.2, 0.25) is 0 Å². The van der Waals surface area contributed by atoms with Crippen molar-refractivity contribution in [2.75, 3.05) is 5.06 Å². The number of rotatable bonds is 3. The third-order valence-electron chi connectivity index (χ3n) is 1.48. The Labute approximate surface area is 78.6 Å². The lowest BCUT2D eigenvalue weighted by atomic mass is 10.3. The zero-order valence-corrected chi connectivity index (χ0v) is 6.91. The van der Waals surface area contributed by atoms with Gasteiger partial charge in [-0.05, 0) is 12.1 Å². The highest BCUT2D eigenvalue weighted by molar-refractivity contribution is 5.72. The predicted octanol–water partition coefficient (Wildman–Crippen LogP) is -0.647. The first kappa shape index (κ1) is 9.93. The van der Waals surface area contributed by atoms with Crippen molar-refractivity contribution in [2.24, 2.45) is 0 Å². The summed E-state index contributed by atoms with van der Waals surface area (Å²) in [6.45, 7) is 0. The molecular weight excluding hydrogens is 190 g/mol. The monoisotopic (exact) mass is 196 g/mol. The number of anilines is 1. The van der Waals surface area contributed by atoms with Gasteiger partial charge in [-0.3, -0.25) is 15.3 Å². The minimum absolute atomic E-state index is 0.114. The van der Waals surface area contributed by atoms with Crippen LogP contribution in [0, 0.1) is 15.3 Å². The highest BCUT2D eigenvalue weighted by atomic mass is 16.6. The lowest BCUT2D eigenvalue weighted by Gasteiger charge is -1.99. The summed E-state index contributed by atoms with van der Waals surface area (Å²) in [6.07, 6.45) is 0.654. The Balaban J connectivity index is 2.88. The molecule has 0 aromatic heterocycles. The SMILES string of the molecule is [O]N(C=[NH+][O-])c1ccc([N+](=O)[O-])cc1. The molecule has 0 amide bonds. The molecule has 7 nitrogen and oxygen atoms in total. The summed E-state index contributed by atoms with van der Waals surface area (Å²) < 4.78 is 0. The summed E-state index contributed by atoms with van der Waals surface area (Å²) in [5.74, 6) is 0. The standard InChI is InChI=1S/C7H6N3O4/c11-8-5-9(12)6-1-3-7(4-2-6)10(13)14/h1-5,8H. The summed E-state index contributed by atoms with van der Waals surface area (Å²) in [7, 11) is 0. The maximum Gasteiger partial charge on any atom is 0.274 e. The molecule has 0 atom stereocenters. The molecule has 1 aromatic rings. The highest BCUT2D eigenvalue weighted by Crippen LogP contribution is 2.16. The van der Waals surface area contributed by atoms with Gasteiger partial charge in [0.05, 0.1) is 4.92 Å². The van der Waals surface area contributed by atoms with Crippen molar-refractivity contribution in [1.29, 1.82) is 0 Å². The molecule has 0 heterocycles. The van der Waals surface area contributed by atoms with Gasteiger partial charge in [0.15, 0.2) is 5.69 Å². The highest BCUT2D eigenvalue weighted by Gasteiger charge is 2.11. The molecule has 7 heteroatoms. The lowest BCUT2D eigenvalue weighted by Crippen LogP contribution is -2.63. The van der Waals surface area contributed by atoms with Crippen LogP contribution in [0.15, 0.2) is 24.3 Å². The molecule has 73 valence electrons. The molecule has 0 aliphatic carbocycles. The molecule has 0 saturated carbocycles. The summed E-state index contributed by atoms with van der Waals surface area (Å²) in [4.78, 5) is 9.68. The van der Waals surface area contributed by atoms with Crippen LogP contribution in [0.3, 0.4) is 0 Å². The van der Waals surface area contributed by atoms with Crippen molar-refractivity contribution in [3.63, 3.8) is 0 Å². The number of nitro benzene ring substituents is 1. The molecule has 0 bridgehead atoms. The van der Waals surface area contributed by atoms with Crippen LogP contribution in [-0.4, -0.2) is 11.3 Å². The first-order valence-electron chi connectivity index (χ1n) is 3.57. The maximum absolute atomic E-state index is 11.0. The van der Waals surface area contributed by atoms with Crippen molar-refractivity contribution in [1.82, 2.24) is 0 Å². The number of hydrogen-bond donors (Lipinski definition) is 1. The molecule has 0 fully saturated rings. The van der Waals surface area contributed by atoms with Crippen molar-refractivity contribution < 1.29 is 15.3 Å². The van der Waals surface area contributed by atoms with Crippen LogP contribution in [0.2, 0.25) is 0 Å². The van der Waals surface area contributed by atoms with Crippen LogP contribution in [0.4, 0.5) is 11.4 Å². The van der Waals surface area contributed by atoms with Gasteiger partial charge in [0.1, 0.15) is 0 Å². The Kier molecular flexibility index (Phi) is 2.97. The van der Waals surface area contributed by atoms with Crippen LogP contribution in [0.1, 0.15) is 0 Å². The molecule has 1 rings (SSSR count). The van der Waals surface area contributed by atoms with Gasteiger partial charge in [-0.2, -0.15) is 0 Å². The quantitative estimate of drug-likeness (QED) is 0.228. The van der Waals surface area contributed by atoms with Gasteiger partial charge in [-0.25, -0.2) is 0 Å². The molecule has 14 heavy (non-hydrogen) atoms. The first-order chi connectivity index (χ1) is 6.65. The molecule has 0 spiro atoms. The Bertz CT molecular complexity index is 348. The molecule has 0 aliphatic heterocycles.